The Morgan fingerprint density at radius 1 is 1.31 bits per heavy atom. The largest absolute Gasteiger partial charge is 0.390 e. The summed E-state index contributed by atoms with van der Waals surface area (Å²) >= 11 is 0. The maximum Gasteiger partial charge on any atom is 0.390 e. The fourth-order valence-electron chi connectivity index (χ4n) is 2.33. The smallest absolute Gasteiger partial charge is 0.305 e. The zero-order valence-corrected chi connectivity index (χ0v) is 9.52. The second-order valence-electron chi connectivity index (χ2n) is 4.79. The average molecular weight is 237 g/mol. The Labute approximate surface area is 93.8 Å². The minimum Gasteiger partial charge on any atom is -0.305 e. The number of carbonyl (C=O) groups is 1. The van der Waals surface area contributed by atoms with Crippen molar-refractivity contribution in [2.24, 2.45) is 5.41 Å². The van der Waals surface area contributed by atoms with Crippen molar-refractivity contribution in [3.8, 4) is 0 Å². The summed E-state index contributed by atoms with van der Waals surface area (Å²) in [5, 5.41) is 0. The number of alkyl halides is 3. The van der Waals surface area contributed by atoms with Gasteiger partial charge in [-0.3, -0.25) is 0 Å². The van der Waals surface area contributed by atoms with E-state index in [0.29, 0.717) is 6.54 Å². The molecule has 1 aliphatic rings. The highest BCUT2D eigenvalue weighted by atomic mass is 19.4. The van der Waals surface area contributed by atoms with Gasteiger partial charge in [-0.25, -0.2) is 0 Å². The number of hydrogen-bond donors (Lipinski definition) is 0. The van der Waals surface area contributed by atoms with E-state index in [-0.39, 0.29) is 12.0 Å². The van der Waals surface area contributed by atoms with Crippen molar-refractivity contribution < 1.29 is 18.0 Å². The van der Waals surface area contributed by atoms with Crippen LogP contribution in [0.2, 0.25) is 0 Å². The molecule has 0 radical (unpaired) electrons. The first-order chi connectivity index (χ1) is 7.37. The molecule has 5 heteroatoms. The Kier molecular flexibility index (Phi) is 4.35. The topological polar surface area (TPSA) is 20.3 Å². The van der Waals surface area contributed by atoms with E-state index in [0.717, 1.165) is 32.0 Å². The lowest BCUT2D eigenvalue weighted by Gasteiger charge is -2.28. The van der Waals surface area contributed by atoms with E-state index in [9.17, 15) is 18.0 Å². The molecule has 16 heavy (non-hydrogen) atoms. The second-order valence-corrected chi connectivity index (χ2v) is 4.79. The molecule has 0 aromatic heterocycles. The highest BCUT2D eigenvalue weighted by Crippen LogP contribution is 2.36. The van der Waals surface area contributed by atoms with Crippen LogP contribution in [0.5, 0.6) is 0 Å². The zero-order chi connectivity index (χ0) is 12.2. The molecular formula is C11H18F3NO. The Morgan fingerprint density at radius 3 is 2.31 bits per heavy atom. The number of halogens is 3. The lowest BCUT2D eigenvalue weighted by atomic mass is 9.87. The van der Waals surface area contributed by atoms with Crippen LogP contribution in [0, 0.1) is 5.41 Å². The lowest BCUT2D eigenvalue weighted by molar-refractivity contribution is -0.138. The van der Waals surface area contributed by atoms with Crippen LogP contribution in [0.1, 0.15) is 32.1 Å². The van der Waals surface area contributed by atoms with E-state index in [1.54, 1.807) is 11.9 Å². The van der Waals surface area contributed by atoms with Gasteiger partial charge in [-0.2, -0.15) is 13.2 Å². The highest BCUT2D eigenvalue weighted by Gasteiger charge is 2.35. The summed E-state index contributed by atoms with van der Waals surface area (Å²) in [6.07, 6.45) is -0.349. The van der Waals surface area contributed by atoms with Crippen LogP contribution in [0.4, 0.5) is 13.2 Å². The average Bonchev–Trinajstić information content (AvgIpc) is 2.63. The van der Waals surface area contributed by atoms with Crippen molar-refractivity contribution in [1.82, 2.24) is 4.90 Å². The van der Waals surface area contributed by atoms with Crippen LogP contribution in [0.25, 0.3) is 0 Å². The normalized spacial score (nSPS) is 20.3. The summed E-state index contributed by atoms with van der Waals surface area (Å²) in [6.45, 7) is 0.422. The van der Waals surface area contributed by atoms with Gasteiger partial charge < -0.3 is 9.69 Å². The predicted octanol–water partition coefficient (Wildman–Crippen LogP) is 2.63. The van der Waals surface area contributed by atoms with Gasteiger partial charge in [0.1, 0.15) is 6.29 Å². The van der Waals surface area contributed by atoms with Crippen LogP contribution >= 0.6 is 0 Å². The molecular weight excluding hydrogens is 219 g/mol. The zero-order valence-electron chi connectivity index (χ0n) is 9.52. The summed E-state index contributed by atoms with van der Waals surface area (Å²) in [6, 6.07) is 0. The van der Waals surface area contributed by atoms with Gasteiger partial charge in [0.05, 0.1) is 6.42 Å². The molecule has 0 bridgehead atoms. The first-order valence-corrected chi connectivity index (χ1v) is 5.59. The Morgan fingerprint density at radius 2 is 1.88 bits per heavy atom. The van der Waals surface area contributed by atoms with E-state index in [4.69, 9.17) is 0 Å². The molecule has 0 aromatic rings. The highest BCUT2D eigenvalue weighted by molar-refractivity contribution is 5.60. The van der Waals surface area contributed by atoms with Gasteiger partial charge in [0.25, 0.3) is 0 Å². The maximum absolute atomic E-state index is 12.0. The molecule has 1 aliphatic carbocycles. The lowest BCUT2D eigenvalue weighted by Crippen LogP contribution is -2.36. The molecule has 1 rings (SSSR count). The minimum atomic E-state index is -4.11. The van der Waals surface area contributed by atoms with Crippen molar-refractivity contribution in [1.29, 1.82) is 0 Å². The van der Waals surface area contributed by atoms with E-state index in [1.807, 2.05) is 0 Å². The molecule has 0 heterocycles. The maximum atomic E-state index is 12.0. The Bertz CT molecular complexity index is 234. The van der Waals surface area contributed by atoms with Crippen molar-refractivity contribution in [2.75, 3.05) is 20.1 Å². The second kappa shape index (κ2) is 5.17. The van der Waals surface area contributed by atoms with Gasteiger partial charge in [0.15, 0.2) is 0 Å². The molecule has 0 saturated heterocycles. The quantitative estimate of drug-likeness (QED) is 0.685. The third kappa shape index (κ3) is 4.12. The van der Waals surface area contributed by atoms with Crippen LogP contribution in [-0.4, -0.2) is 37.5 Å². The van der Waals surface area contributed by atoms with Gasteiger partial charge in [0.2, 0.25) is 0 Å². The standard InChI is InChI=1S/C11H18F3NO/c1-15(7-6-11(12,13)14)8-10(9-16)4-2-3-5-10/h9H,2-8H2,1H3. The number of carbonyl (C=O) groups excluding carboxylic acids is 1. The van der Waals surface area contributed by atoms with Gasteiger partial charge in [-0.15, -0.1) is 0 Å². The molecule has 0 amide bonds. The molecule has 0 N–H and O–H groups in total. The van der Waals surface area contributed by atoms with Gasteiger partial charge in [0, 0.05) is 18.5 Å². The summed E-state index contributed by atoms with van der Waals surface area (Å²) in [4.78, 5) is 12.6. The number of hydrogen-bond acceptors (Lipinski definition) is 2. The van der Waals surface area contributed by atoms with Crippen LogP contribution < -0.4 is 0 Å². The van der Waals surface area contributed by atoms with Gasteiger partial charge >= 0.3 is 6.18 Å². The SMILES string of the molecule is CN(CCC(F)(F)F)CC1(C=O)CCCC1. The minimum absolute atomic E-state index is 0.0287. The van der Waals surface area contributed by atoms with Gasteiger partial charge in [-0.05, 0) is 19.9 Å². The summed E-state index contributed by atoms with van der Waals surface area (Å²) in [5.74, 6) is 0. The van der Waals surface area contributed by atoms with Crippen molar-refractivity contribution >= 4 is 6.29 Å². The number of nitrogens with zero attached hydrogens (tertiary/aromatic N) is 1. The predicted molar refractivity (Wildman–Crippen MR) is 55.1 cm³/mol. The van der Waals surface area contributed by atoms with Crippen molar-refractivity contribution in [2.45, 2.75) is 38.3 Å². The molecule has 0 unspecified atom stereocenters. The summed E-state index contributed by atoms with van der Waals surface area (Å²) < 4.78 is 36.0. The third-order valence-corrected chi connectivity index (χ3v) is 3.21. The summed E-state index contributed by atoms with van der Waals surface area (Å²) in [7, 11) is 1.65. The number of aldehydes is 1. The molecule has 0 atom stereocenters. The number of rotatable bonds is 5. The molecule has 1 fully saturated rings. The van der Waals surface area contributed by atoms with Crippen molar-refractivity contribution in [3.05, 3.63) is 0 Å². The third-order valence-electron chi connectivity index (χ3n) is 3.21. The van der Waals surface area contributed by atoms with Crippen LogP contribution in [0.3, 0.4) is 0 Å². The van der Waals surface area contributed by atoms with Crippen LogP contribution in [-0.2, 0) is 4.79 Å². The molecule has 1 saturated carbocycles. The fourth-order valence-corrected chi connectivity index (χ4v) is 2.33. The fraction of sp³-hybridized carbons (Fsp3) is 0.909. The molecule has 2 nitrogen and oxygen atoms in total. The first-order valence-electron chi connectivity index (χ1n) is 5.59. The monoisotopic (exact) mass is 237 g/mol. The van der Waals surface area contributed by atoms with E-state index in [2.05, 4.69) is 0 Å². The first kappa shape index (κ1) is 13.5. The van der Waals surface area contributed by atoms with E-state index >= 15 is 0 Å². The Balaban J connectivity index is 2.38. The Hall–Kier alpha value is -0.580. The molecule has 94 valence electrons. The van der Waals surface area contributed by atoms with Crippen molar-refractivity contribution in [3.63, 3.8) is 0 Å². The summed E-state index contributed by atoms with van der Waals surface area (Å²) in [5.41, 5.74) is -0.389. The molecule has 0 aromatic carbocycles. The van der Waals surface area contributed by atoms with E-state index in [1.165, 1.54) is 0 Å². The molecule has 0 spiro atoms. The van der Waals surface area contributed by atoms with Gasteiger partial charge in [-0.1, -0.05) is 12.8 Å². The van der Waals surface area contributed by atoms with E-state index < -0.39 is 12.6 Å². The molecule has 0 aliphatic heterocycles. The van der Waals surface area contributed by atoms with Crippen LogP contribution in [0.15, 0.2) is 0 Å².